The number of halogens is 13. The van der Waals surface area contributed by atoms with E-state index in [0.29, 0.717) is 10.8 Å². The van der Waals surface area contributed by atoms with E-state index in [2.05, 4.69) is 0 Å². The van der Waals surface area contributed by atoms with Crippen LogP contribution in [-0.2, 0) is 13.1 Å². The zero-order valence-electron chi connectivity index (χ0n) is 13.1. The van der Waals surface area contributed by atoms with Crippen molar-refractivity contribution in [2.24, 2.45) is 7.05 Å². The Morgan fingerprint density at radius 1 is 0.741 bits per heavy atom. The predicted octanol–water partition coefficient (Wildman–Crippen LogP) is 4.40. The summed E-state index contributed by atoms with van der Waals surface area (Å²) in [7, 11) is 0.925. The highest BCUT2D eigenvalue weighted by molar-refractivity contribution is 5.11. The zero-order valence-corrected chi connectivity index (χ0v) is 13.1. The topological polar surface area (TPSA) is 8.81 Å². The van der Waals surface area contributed by atoms with Gasteiger partial charge in [-0.1, -0.05) is 0 Å². The van der Waals surface area contributed by atoms with Crippen LogP contribution in [0.5, 0.6) is 0 Å². The number of alkyl halides is 13. The summed E-state index contributed by atoms with van der Waals surface area (Å²) in [6, 6.07) is -6.26. The van der Waals surface area contributed by atoms with E-state index in [0.717, 1.165) is 7.05 Å². The van der Waals surface area contributed by atoms with E-state index < -0.39 is 53.3 Å². The smallest absolute Gasteiger partial charge is 0.241 e. The number of hydrogen-bond acceptors (Lipinski definition) is 0. The number of aryl methyl sites for hydroxylation is 1. The van der Waals surface area contributed by atoms with Crippen molar-refractivity contribution < 1.29 is 61.6 Å². The minimum absolute atomic E-state index is 0.0124. The van der Waals surface area contributed by atoms with E-state index in [4.69, 9.17) is 0 Å². The third-order valence-corrected chi connectivity index (χ3v) is 3.57. The number of aromatic nitrogens is 2. The average Bonchev–Trinajstić information content (AvgIpc) is 2.93. The van der Waals surface area contributed by atoms with Gasteiger partial charge >= 0.3 is 35.7 Å². The Labute approximate surface area is 142 Å². The lowest BCUT2D eigenvalue weighted by Crippen LogP contribution is -2.71. The molecule has 0 saturated carbocycles. The van der Waals surface area contributed by atoms with Gasteiger partial charge in [-0.15, -0.1) is 0 Å². The van der Waals surface area contributed by atoms with Gasteiger partial charge in [-0.3, -0.25) is 0 Å². The van der Waals surface area contributed by atoms with Crippen LogP contribution in [-0.4, -0.2) is 40.4 Å². The molecule has 158 valence electrons. The Bertz CT molecular complexity index is 677. The largest absolute Gasteiger partial charge is 0.469 e. The summed E-state index contributed by atoms with van der Waals surface area (Å²) in [4.78, 5) is 0. The third-order valence-electron chi connectivity index (χ3n) is 3.57. The molecule has 2 nitrogen and oxygen atoms in total. The summed E-state index contributed by atoms with van der Waals surface area (Å²) in [6.45, 7) is -0.436. The second-order valence-corrected chi connectivity index (χ2v) is 5.56. The van der Waals surface area contributed by atoms with Gasteiger partial charge in [0.1, 0.15) is 12.4 Å². The van der Waals surface area contributed by atoms with Gasteiger partial charge in [0.15, 0.2) is 6.17 Å². The Hall–Kier alpha value is -1.70. The van der Waals surface area contributed by atoms with Crippen LogP contribution in [0, 0.1) is 0 Å². The molecule has 1 rings (SSSR count). The minimum Gasteiger partial charge on any atom is -0.241 e. The van der Waals surface area contributed by atoms with Crippen molar-refractivity contribution in [3.8, 4) is 0 Å². The van der Waals surface area contributed by atoms with Crippen LogP contribution < -0.4 is 4.57 Å². The quantitative estimate of drug-likeness (QED) is 0.449. The molecule has 1 aromatic heterocycles. The summed E-state index contributed by atoms with van der Waals surface area (Å²) in [5.41, 5.74) is 0. The molecule has 0 saturated heterocycles. The van der Waals surface area contributed by atoms with Crippen molar-refractivity contribution >= 4 is 0 Å². The maximum atomic E-state index is 13.7. The van der Waals surface area contributed by atoms with Crippen molar-refractivity contribution in [2.75, 3.05) is 0 Å². The lowest BCUT2D eigenvalue weighted by atomic mass is 9.91. The first-order valence-electron chi connectivity index (χ1n) is 6.64. The molecule has 15 heteroatoms. The fourth-order valence-electron chi connectivity index (χ4n) is 1.82. The van der Waals surface area contributed by atoms with E-state index in [9.17, 15) is 57.1 Å². The van der Waals surface area contributed by atoms with E-state index in [1.807, 2.05) is 0 Å². The first-order chi connectivity index (χ1) is 11.7. The van der Waals surface area contributed by atoms with Crippen LogP contribution in [0.3, 0.4) is 0 Å². The second kappa shape index (κ2) is 6.15. The molecule has 0 aliphatic heterocycles. The molecule has 0 amide bonds. The third kappa shape index (κ3) is 2.92. The number of nitrogens with zero attached hydrogens (tertiary/aromatic N) is 2. The van der Waals surface area contributed by atoms with Crippen LogP contribution in [0.1, 0.15) is 6.92 Å². The minimum atomic E-state index is -7.77. The van der Waals surface area contributed by atoms with E-state index in [1.54, 1.807) is 0 Å². The summed E-state index contributed by atoms with van der Waals surface area (Å²) >= 11 is 0. The lowest BCUT2D eigenvalue weighted by molar-refractivity contribution is -0.672. The van der Waals surface area contributed by atoms with Gasteiger partial charge in [-0.25, -0.2) is 8.96 Å². The van der Waals surface area contributed by atoms with Gasteiger partial charge in [0, 0.05) is 0 Å². The van der Waals surface area contributed by atoms with E-state index in [-0.39, 0.29) is 12.5 Å². The Morgan fingerprint density at radius 3 is 1.48 bits per heavy atom. The Kier molecular flexibility index (Phi) is 5.32. The molecule has 0 aromatic carbocycles. The van der Waals surface area contributed by atoms with Crippen LogP contribution in [0.15, 0.2) is 18.7 Å². The van der Waals surface area contributed by atoms with Gasteiger partial charge in [0.05, 0.1) is 7.05 Å². The lowest BCUT2D eigenvalue weighted by Gasteiger charge is -2.40. The molecular weight excluding hydrogens is 419 g/mol. The number of rotatable bonds is 7. The van der Waals surface area contributed by atoms with Crippen molar-refractivity contribution in [3.05, 3.63) is 18.7 Å². The standard InChI is InChI=1S/C12H10F13N2/c1-6(13)7(14,15)8(16,17)9(18,19)10(20,21)11(22,23)12(24,25)27-4-3-26(2)5-27/h3-6H,1-2H3/q+1. The maximum absolute atomic E-state index is 13.7. The number of hydrogen-bond donors (Lipinski definition) is 0. The summed E-state index contributed by atoms with van der Waals surface area (Å²) in [5.74, 6) is -36.8. The summed E-state index contributed by atoms with van der Waals surface area (Å²) in [5, 5.41) is 0. The molecule has 27 heavy (non-hydrogen) atoms. The summed E-state index contributed by atoms with van der Waals surface area (Å²) in [6.07, 6.45) is -3.60. The highest BCUT2D eigenvalue weighted by atomic mass is 19.4. The predicted molar refractivity (Wildman–Crippen MR) is 61.1 cm³/mol. The molecule has 1 aromatic rings. The van der Waals surface area contributed by atoms with Crippen LogP contribution in [0.4, 0.5) is 57.1 Å². The van der Waals surface area contributed by atoms with Gasteiger partial charge in [-0.05, 0) is 6.92 Å². The van der Waals surface area contributed by atoms with Gasteiger partial charge in [-0.2, -0.15) is 57.3 Å². The molecule has 0 fully saturated rings. The first kappa shape index (κ1) is 23.3. The first-order valence-corrected chi connectivity index (χ1v) is 6.64. The maximum Gasteiger partial charge on any atom is 0.469 e. The highest BCUT2D eigenvalue weighted by Gasteiger charge is 2.92. The summed E-state index contributed by atoms with van der Waals surface area (Å²) < 4.78 is 173. The Balaban J connectivity index is 3.57. The van der Waals surface area contributed by atoms with Gasteiger partial charge in [0.2, 0.25) is 6.33 Å². The molecule has 1 heterocycles. The molecule has 0 aliphatic carbocycles. The fraction of sp³-hybridized carbons (Fsp3) is 0.750. The van der Waals surface area contributed by atoms with E-state index in [1.165, 1.54) is 0 Å². The van der Waals surface area contributed by atoms with Crippen LogP contribution in [0.25, 0.3) is 0 Å². The molecule has 0 N–H and O–H groups in total. The molecule has 1 unspecified atom stereocenters. The van der Waals surface area contributed by atoms with Crippen molar-refractivity contribution in [3.63, 3.8) is 0 Å². The molecule has 0 bridgehead atoms. The molecular formula is C12H10F13N2+. The van der Waals surface area contributed by atoms with Crippen LogP contribution >= 0.6 is 0 Å². The molecule has 0 aliphatic rings. The van der Waals surface area contributed by atoms with E-state index >= 15 is 0 Å². The Morgan fingerprint density at radius 2 is 1.15 bits per heavy atom. The SMILES string of the molecule is CC(F)C(F)(F)C(F)(F)C(F)(F)C(F)(F)C(F)(F)C(F)(F)n1cc[n+](C)c1. The second-order valence-electron chi connectivity index (χ2n) is 5.56. The van der Waals surface area contributed by atoms with Gasteiger partial charge < -0.3 is 0 Å². The zero-order chi connectivity index (χ0) is 21.9. The van der Waals surface area contributed by atoms with Crippen molar-refractivity contribution in [2.45, 2.75) is 48.8 Å². The molecule has 0 radical (unpaired) electrons. The van der Waals surface area contributed by atoms with Crippen molar-refractivity contribution in [1.82, 2.24) is 4.57 Å². The fourth-order valence-corrected chi connectivity index (χ4v) is 1.82. The van der Waals surface area contributed by atoms with Gasteiger partial charge in [0.25, 0.3) is 0 Å². The van der Waals surface area contributed by atoms with Crippen LogP contribution in [0.2, 0.25) is 0 Å². The highest BCUT2D eigenvalue weighted by Crippen LogP contribution is 2.61. The number of imidazole rings is 1. The molecule has 0 spiro atoms. The van der Waals surface area contributed by atoms with Crippen molar-refractivity contribution in [1.29, 1.82) is 0 Å². The molecule has 1 atom stereocenters. The average molecular weight is 429 g/mol. The monoisotopic (exact) mass is 429 g/mol. The normalized spacial score (nSPS) is 16.6.